The number of aliphatic carboxylic acids is 1. The predicted molar refractivity (Wildman–Crippen MR) is 117 cm³/mol. The first-order valence-corrected chi connectivity index (χ1v) is 11.8. The van der Waals surface area contributed by atoms with E-state index in [1.165, 1.54) is 29.6 Å². The van der Waals surface area contributed by atoms with Crippen LogP contribution < -0.4 is 9.04 Å². The lowest BCUT2D eigenvalue weighted by Gasteiger charge is -2.19. The van der Waals surface area contributed by atoms with Gasteiger partial charge in [-0.05, 0) is 60.0 Å². The molecule has 0 saturated heterocycles. The standard InChI is InChI=1S/C22H20FNO5S2/c1-29-17-6-7-19-18(12-17)15(5-9-21(25)26)13-24(19)31(27,28)22-10-8-20(30-22)14-3-2-4-16(23)11-14/h2-4,6-8,10-12,15H,5,9,13H2,1H3,(H,25,26). The fourth-order valence-electron chi connectivity index (χ4n) is 3.75. The number of hydrogen-bond donors (Lipinski definition) is 1. The van der Waals surface area contributed by atoms with Gasteiger partial charge >= 0.3 is 5.97 Å². The SMILES string of the molecule is COc1ccc2c(c1)C(CCC(=O)O)CN2S(=O)(=O)c1ccc(-c2cccc(F)c2)s1. The summed E-state index contributed by atoms with van der Waals surface area (Å²) in [5.74, 6) is -0.982. The third-order valence-corrected chi connectivity index (χ3v) is 8.65. The molecule has 0 fully saturated rings. The zero-order valence-electron chi connectivity index (χ0n) is 16.6. The van der Waals surface area contributed by atoms with Crippen molar-refractivity contribution in [1.29, 1.82) is 0 Å². The maximum absolute atomic E-state index is 13.6. The zero-order chi connectivity index (χ0) is 22.2. The monoisotopic (exact) mass is 461 g/mol. The Balaban J connectivity index is 1.69. The molecule has 4 rings (SSSR count). The maximum atomic E-state index is 13.6. The Bertz CT molecular complexity index is 1240. The molecule has 0 amide bonds. The van der Waals surface area contributed by atoms with Crippen molar-refractivity contribution in [3.63, 3.8) is 0 Å². The fourth-order valence-corrected chi connectivity index (χ4v) is 6.70. The predicted octanol–water partition coefficient (Wildman–Crippen LogP) is 4.72. The van der Waals surface area contributed by atoms with Gasteiger partial charge in [0.1, 0.15) is 15.8 Å². The van der Waals surface area contributed by atoms with Crippen LogP contribution in [-0.2, 0) is 14.8 Å². The van der Waals surface area contributed by atoms with Crippen molar-refractivity contribution in [1.82, 2.24) is 0 Å². The van der Waals surface area contributed by atoms with Crippen LogP contribution in [0.2, 0.25) is 0 Å². The van der Waals surface area contributed by atoms with Gasteiger partial charge in [-0.1, -0.05) is 12.1 Å². The van der Waals surface area contributed by atoms with Crippen molar-refractivity contribution >= 4 is 33.0 Å². The van der Waals surface area contributed by atoms with Gasteiger partial charge in [-0.25, -0.2) is 12.8 Å². The van der Waals surface area contributed by atoms with Crippen LogP contribution in [0.1, 0.15) is 24.3 Å². The lowest BCUT2D eigenvalue weighted by Crippen LogP contribution is -2.29. The highest BCUT2D eigenvalue weighted by molar-refractivity contribution is 7.94. The summed E-state index contributed by atoms with van der Waals surface area (Å²) in [5.41, 5.74) is 1.89. The molecule has 9 heteroatoms. The van der Waals surface area contributed by atoms with E-state index in [0.29, 0.717) is 28.3 Å². The number of halogens is 1. The van der Waals surface area contributed by atoms with Gasteiger partial charge in [0.25, 0.3) is 10.0 Å². The average Bonchev–Trinajstić information content (AvgIpc) is 3.38. The van der Waals surface area contributed by atoms with Crippen molar-refractivity contribution < 1.29 is 27.4 Å². The number of nitrogens with zero attached hydrogens (tertiary/aromatic N) is 1. The van der Waals surface area contributed by atoms with E-state index in [9.17, 15) is 17.6 Å². The molecule has 1 aliphatic rings. The normalized spacial score (nSPS) is 15.7. The second-order valence-electron chi connectivity index (χ2n) is 7.22. The molecule has 0 radical (unpaired) electrons. The molecule has 1 aliphatic heterocycles. The largest absolute Gasteiger partial charge is 0.497 e. The van der Waals surface area contributed by atoms with Crippen LogP contribution in [0.5, 0.6) is 5.75 Å². The first kappa shape index (κ1) is 21.3. The fraction of sp³-hybridized carbons (Fsp3) is 0.227. The minimum absolute atomic E-state index is 0.0576. The molecule has 1 N–H and O–H groups in total. The third-order valence-electron chi connectivity index (χ3n) is 5.27. The first-order valence-electron chi connectivity index (χ1n) is 9.58. The average molecular weight is 462 g/mol. The zero-order valence-corrected chi connectivity index (χ0v) is 18.2. The molecule has 2 heterocycles. The Morgan fingerprint density at radius 3 is 2.74 bits per heavy atom. The Morgan fingerprint density at radius 2 is 2.03 bits per heavy atom. The summed E-state index contributed by atoms with van der Waals surface area (Å²) < 4.78 is 47.2. The number of thiophene rings is 1. The summed E-state index contributed by atoms with van der Waals surface area (Å²) >= 11 is 1.08. The molecule has 3 aromatic rings. The number of anilines is 1. The van der Waals surface area contributed by atoms with E-state index < -0.39 is 16.0 Å². The molecule has 1 aromatic heterocycles. The van der Waals surface area contributed by atoms with Crippen molar-refractivity contribution in [2.24, 2.45) is 0 Å². The van der Waals surface area contributed by atoms with Crippen LogP contribution in [-0.4, -0.2) is 33.1 Å². The highest BCUT2D eigenvalue weighted by Crippen LogP contribution is 2.44. The summed E-state index contributed by atoms with van der Waals surface area (Å²) in [6.45, 7) is 0.158. The summed E-state index contributed by atoms with van der Waals surface area (Å²) in [6, 6.07) is 14.3. The number of fused-ring (bicyclic) bond motifs is 1. The Morgan fingerprint density at radius 1 is 1.23 bits per heavy atom. The second-order valence-corrected chi connectivity index (χ2v) is 10.4. The third kappa shape index (κ3) is 4.15. The molecule has 1 atom stereocenters. The van der Waals surface area contributed by atoms with E-state index in [-0.39, 0.29) is 28.9 Å². The summed E-state index contributed by atoms with van der Waals surface area (Å²) in [5, 5.41) is 9.08. The number of hydrogen-bond acceptors (Lipinski definition) is 5. The minimum Gasteiger partial charge on any atom is -0.497 e. The molecule has 1 unspecified atom stereocenters. The number of methoxy groups -OCH3 is 1. The van der Waals surface area contributed by atoms with E-state index in [0.717, 1.165) is 16.9 Å². The van der Waals surface area contributed by atoms with Crippen LogP contribution in [0.3, 0.4) is 0 Å². The quantitative estimate of drug-likeness (QED) is 0.550. The van der Waals surface area contributed by atoms with E-state index in [4.69, 9.17) is 9.84 Å². The number of benzene rings is 2. The molecule has 31 heavy (non-hydrogen) atoms. The summed E-state index contributed by atoms with van der Waals surface area (Å²) in [4.78, 5) is 11.7. The van der Waals surface area contributed by atoms with Crippen LogP contribution in [0.15, 0.2) is 58.8 Å². The smallest absolute Gasteiger partial charge is 0.303 e. The van der Waals surface area contributed by atoms with Gasteiger partial charge in [0.15, 0.2) is 0 Å². The number of carboxylic acids is 1. The van der Waals surface area contributed by atoms with Gasteiger partial charge in [0.05, 0.1) is 12.8 Å². The van der Waals surface area contributed by atoms with Crippen LogP contribution in [0.4, 0.5) is 10.1 Å². The Kier molecular flexibility index (Phi) is 5.72. The highest BCUT2D eigenvalue weighted by Gasteiger charge is 2.37. The Labute approximate surface area is 183 Å². The van der Waals surface area contributed by atoms with Gasteiger partial charge < -0.3 is 9.84 Å². The molecule has 0 spiro atoms. The van der Waals surface area contributed by atoms with E-state index >= 15 is 0 Å². The highest BCUT2D eigenvalue weighted by atomic mass is 32.2. The number of carboxylic acid groups (broad SMARTS) is 1. The molecule has 6 nitrogen and oxygen atoms in total. The molecule has 2 aromatic carbocycles. The number of sulfonamides is 1. The molecule has 162 valence electrons. The maximum Gasteiger partial charge on any atom is 0.303 e. The first-order chi connectivity index (χ1) is 14.8. The molecule has 0 saturated carbocycles. The van der Waals surface area contributed by atoms with E-state index in [2.05, 4.69) is 0 Å². The number of ether oxygens (including phenoxy) is 1. The van der Waals surface area contributed by atoms with Gasteiger partial charge in [-0.3, -0.25) is 9.10 Å². The van der Waals surface area contributed by atoms with Gasteiger partial charge in [0.2, 0.25) is 0 Å². The van der Waals surface area contributed by atoms with Gasteiger partial charge in [-0.2, -0.15) is 0 Å². The molecular weight excluding hydrogens is 441 g/mol. The van der Waals surface area contributed by atoms with E-state index in [1.54, 1.807) is 36.4 Å². The Hall–Kier alpha value is -2.91. The lowest BCUT2D eigenvalue weighted by molar-refractivity contribution is -0.137. The van der Waals surface area contributed by atoms with Crippen LogP contribution >= 0.6 is 11.3 Å². The molecular formula is C22H20FNO5S2. The second kappa shape index (κ2) is 8.32. The molecule has 0 aliphatic carbocycles. The van der Waals surface area contributed by atoms with Crippen molar-refractivity contribution in [3.05, 3.63) is 66.0 Å². The van der Waals surface area contributed by atoms with Crippen molar-refractivity contribution in [2.75, 3.05) is 18.0 Å². The molecule has 0 bridgehead atoms. The van der Waals surface area contributed by atoms with Gasteiger partial charge in [-0.15, -0.1) is 11.3 Å². The van der Waals surface area contributed by atoms with E-state index in [1.807, 2.05) is 0 Å². The minimum atomic E-state index is -3.87. The topological polar surface area (TPSA) is 83.9 Å². The number of rotatable bonds is 7. The van der Waals surface area contributed by atoms with Crippen LogP contribution in [0.25, 0.3) is 10.4 Å². The number of carbonyl (C=O) groups is 1. The van der Waals surface area contributed by atoms with Crippen LogP contribution in [0, 0.1) is 5.82 Å². The van der Waals surface area contributed by atoms with Gasteiger partial charge in [0, 0.05) is 23.8 Å². The van der Waals surface area contributed by atoms with Crippen molar-refractivity contribution in [2.45, 2.75) is 23.0 Å². The summed E-state index contributed by atoms with van der Waals surface area (Å²) in [7, 11) is -2.35. The summed E-state index contributed by atoms with van der Waals surface area (Å²) in [6.07, 6.45) is 0.262. The lowest BCUT2D eigenvalue weighted by atomic mass is 9.96. The van der Waals surface area contributed by atoms with Crippen molar-refractivity contribution in [3.8, 4) is 16.2 Å².